The standard InChI is InChI=1S/C25H37N7O3.2C2HF3O2/c1-5-35-24(34)20(12-14(2)3)30-23(33)22-28-17-11-10-15(4)13-16(17)21(32-22)29-18-8-6-7-9-19(18)31-25(26)27;2*3-2(4,5)1(6)7/h10-11,13-14,18-20H,5-9,12H2,1-4H3,(H,30,33)(H4,26,27,31)(H,28,29,32);2*(H,6,7). The molecule has 3 rings (SSSR count). The Hall–Kier alpha value is -4.91. The molecule has 1 aliphatic carbocycles. The molecule has 20 heteroatoms. The number of anilines is 1. The predicted octanol–water partition coefficient (Wildman–Crippen LogP) is 4.12. The van der Waals surface area contributed by atoms with E-state index in [1.54, 1.807) is 6.92 Å². The highest BCUT2D eigenvalue weighted by molar-refractivity contribution is 5.98. The molecule has 1 aromatic heterocycles. The summed E-state index contributed by atoms with van der Waals surface area (Å²) in [7, 11) is 0. The molecule has 0 bridgehead atoms. The summed E-state index contributed by atoms with van der Waals surface area (Å²) in [5, 5.41) is 32.0. The number of alkyl halides is 6. The van der Waals surface area contributed by atoms with E-state index in [9.17, 15) is 35.9 Å². The van der Waals surface area contributed by atoms with Crippen molar-refractivity contribution in [2.45, 2.75) is 90.3 Å². The number of aryl methyl sites for hydroxylation is 1. The van der Waals surface area contributed by atoms with E-state index in [4.69, 9.17) is 35.7 Å². The number of aliphatic carboxylic acids is 2. The number of hydrogen-bond acceptors (Lipinski definition) is 9. The number of guanidine groups is 1. The second kappa shape index (κ2) is 18.6. The molecule has 0 saturated heterocycles. The molecule has 274 valence electrons. The molecule has 1 aliphatic rings. The Morgan fingerprint density at radius 2 is 1.53 bits per heavy atom. The van der Waals surface area contributed by atoms with E-state index in [-0.39, 0.29) is 36.4 Å². The molecule has 3 unspecified atom stereocenters. The number of nitrogens with two attached hydrogens (primary N) is 1. The average molecular weight is 712 g/mol. The minimum Gasteiger partial charge on any atom is -0.475 e. The fourth-order valence-corrected chi connectivity index (χ4v) is 4.46. The summed E-state index contributed by atoms with van der Waals surface area (Å²) < 4.78 is 68.6. The van der Waals surface area contributed by atoms with Crippen molar-refractivity contribution >= 4 is 46.5 Å². The maximum absolute atomic E-state index is 13.2. The van der Waals surface area contributed by atoms with Gasteiger partial charge in [-0.25, -0.2) is 24.4 Å². The Kier molecular flexibility index (Phi) is 16.0. The van der Waals surface area contributed by atoms with Crippen molar-refractivity contribution in [2.75, 3.05) is 11.9 Å². The number of aromatic nitrogens is 2. The summed E-state index contributed by atoms with van der Waals surface area (Å²) in [5.41, 5.74) is 7.28. The lowest BCUT2D eigenvalue weighted by Crippen LogP contribution is -2.50. The van der Waals surface area contributed by atoms with Crippen LogP contribution in [0.3, 0.4) is 0 Å². The summed E-state index contributed by atoms with van der Waals surface area (Å²) in [6.07, 6.45) is -5.87. The van der Waals surface area contributed by atoms with E-state index in [1.165, 1.54) is 0 Å². The number of carbonyl (C=O) groups excluding carboxylic acids is 2. The second-order valence-electron chi connectivity index (χ2n) is 11.1. The van der Waals surface area contributed by atoms with Crippen molar-refractivity contribution in [2.24, 2.45) is 11.7 Å². The zero-order valence-electron chi connectivity index (χ0n) is 27.0. The van der Waals surface area contributed by atoms with Crippen LogP contribution in [0.25, 0.3) is 10.9 Å². The van der Waals surface area contributed by atoms with E-state index < -0.39 is 42.2 Å². The lowest BCUT2D eigenvalue weighted by atomic mass is 9.90. The average Bonchev–Trinajstić information content (AvgIpc) is 2.97. The number of benzene rings is 1. The number of rotatable bonds is 9. The zero-order chi connectivity index (χ0) is 37.7. The van der Waals surface area contributed by atoms with Gasteiger partial charge in [0.05, 0.1) is 12.1 Å². The Labute approximate surface area is 276 Å². The lowest BCUT2D eigenvalue weighted by molar-refractivity contribution is -0.193. The van der Waals surface area contributed by atoms with Gasteiger partial charge in [0, 0.05) is 17.5 Å². The molecule has 14 nitrogen and oxygen atoms in total. The number of hydrogen-bond donors (Lipinski definition) is 7. The third-order valence-corrected chi connectivity index (χ3v) is 6.55. The molecule has 1 saturated carbocycles. The highest BCUT2D eigenvalue weighted by atomic mass is 19.4. The highest BCUT2D eigenvalue weighted by Gasteiger charge is 2.39. The van der Waals surface area contributed by atoms with Gasteiger partial charge in [0.2, 0.25) is 5.82 Å². The number of halogens is 6. The van der Waals surface area contributed by atoms with Crippen LogP contribution >= 0.6 is 0 Å². The van der Waals surface area contributed by atoms with Crippen LogP contribution < -0.4 is 21.7 Å². The SMILES string of the molecule is CCOC(=O)C(CC(C)C)NC(=O)c1nc(NC2CCCCC2NC(=N)N)c2cc(C)ccc2n1.O=C(O)C(F)(F)F.O=C(O)C(F)(F)F. The molecule has 8 N–H and O–H groups in total. The van der Waals surface area contributed by atoms with Crippen LogP contribution in [0.1, 0.15) is 69.1 Å². The van der Waals surface area contributed by atoms with Crippen molar-refractivity contribution in [3.05, 3.63) is 29.6 Å². The van der Waals surface area contributed by atoms with Gasteiger partial charge < -0.3 is 36.6 Å². The molecule has 49 heavy (non-hydrogen) atoms. The number of ether oxygens (including phenoxy) is 1. The third kappa shape index (κ3) is 14.8. The monoisotopic (exact) mass is 711 g/mol. The van der Waals surface area contributed by atoms with E-state index in [0.717, 1.165) is 36.6 Å². The number of nitrogens with one attached hydrogen (secondary N) is 4. The number of amides is 1. The van der Waals surface area contributed by atoms with E-state index in [0.29, 0.717) is 17.8 Å². The molecule has 0 aliphatic heterocycles. The van der Waals surface area contributed by atoms with Crippen molar-refractivity contribution in [3.63, 3.8) is 0 Å². The fraction of sp³-hybridized carbons (Fsp3) is 0.552. The molecular formula is C29H39F6N7O7. The minimum atomic E-state index is -5.08. The molecule has 1 heterocycles. The maximum atomic E-state index is 13.2. The summed E-state index contributed by atoms with van der Waals surface area (Å²) in [5.74, 6) is -5.88. The Morgan fingerprint density at radius 1 is 1.00 bits per heavy atom. The topological polar surface area (TPSA) is 230 Å². The van der Waals surface area contributed by atoms with Crippen LogP contribution in [-0.2, 0) is 19.1 Å². The minimum absolute atomic E-state index is 0.0182. The molecule has 2 aromatic rings. The van der Waals surface area contributed by atoms with Crippen LogP contribution in [-0.4, -0.2) is 87.0 Å². The van der Waals surface area contributed by atoms with E-state index >= 15 is 0 Å². The van der Waals surface area contributed by atoms with Gasteiger partial charge in [-0.2, -0.15) is 26.3 Å². The van der Waals surface area contributed by atoms with Crippen LogP contribution in [0.15, 0.2) is 18.2 Å². The molecule has 1 aromatic carbocycles. The first-order chi connectivity index (χ1) is 22.6. The molecule has 0 radical (unpaired) electrons. The largest absolute Gasteiger partial charge is 0.490 e. The van der Waals surface area contributed by atoms with Gasteiger partial charge in [-0.1, -0.05) is 38.3 Å². The van der Waals surface area contributed by atoms with Crippen LogP contribution in [0.2, 0.25) is 0 Å². The first-order valence-electron chi connectivity index (χ1n) is 14.8. The highest BCUT2D eigenvalue weighted by Crippen LogP contribution is 2.27. The van der Waals surface area contributed by atoms with Gasteiger partial charge in [-0.05, 0) is 51.2 Å². The van der Waals surface area contributed by atoms with Gasteiger partial charge in [-0.3, -0.25) is 10.2 Å². The van der Waals surface area contributed by atoms with E-state index in [2.05, 4.69) is 25.9 Å². The van der Waals surface area contributed by atoms with Crippen molar-refractivity contribution in [1.29, 1.82) is 5.41 Å². The van der Waals surface area contributed by atoms with Gasteiger partial charge in [-0.15, -0.1) is 0 Å². The number of esters is 1. The van der Waals surface area contributed by atoms with E-state index in [1.807, 2.05) is 39.0 Å². The molecule has 3 atom stereocenters. The van der Waals surface area contributed by atoms with Crippen molar-refractivity contribution < 1.29 is 60.5 Å². The lowest BCUT2D eigenvalue weighted by Gasteiger charge is -2.33. The summed E-state index contributed by atoms with van der Waals surface area (Å²) in [6.45, 7) is 7.91. The summed E-state index contributed by atoms with van der Waals surface area (Å²) in [6, 6.07) is 4.95. The summed E-state index contributed by atoms with van der Waals surface area (Å²) in [4.78, 5) is 52.5. The van der Waals surface area contributed by atoms with Gasteiger partial charge in [0.25, 0.3) is 5.91 Å². The smallest absolute Gasteiger partial charge is 0.475 e. The zero-order valence-corrected chi connectivity index (χ0v) is 27.0. The normalized spacial score (nSPS) is 16.6. The molecule has 1 fully saturated rings. The second-order valence-corrected chi connectivity index (χ2v) is 11.1. The number of fused-ring (bicyclic) bond motifs is 1. The fourth-order valence-electron chi connectivity index (χ4n) is 4.46. The van der Waals surface area contributed by atoms with Crippen LogP contribution in [0, 0.1) is 18.3 Å². The third-order valence-electron chi connectivity index (χ3n) is 6.55. The van der Waals surface area contributed by atoms with Crippen LogP contribution in [0.4, 0.5) is 32.2 Å². The molecular weight excluding hydrogens is 672 g/mol. The van der Waals surface area contributed by atoms with Crippen molar-refractivity contribution in [1.82, 2.24) is 20.6 Å². The van der Waals surface area contributed by atoms with Gasteiger partial charge in [0.1, 0.15) is 11.9 Å². The number of carboxylic acid groups (broad SMARTS) is 2. The first kappa shape index (κ1) is 42.1. The number of carboxylic acids is 2. The van der Waals surface area contributed by atoms with Gasteiger partial charge >= 0.3 is 30.3 Å². The van der Waals surface area contributed by atoms with Crippen molar-refractivity contribution in [3.8, 4) is 0 Å². The Balaban J connectivity index is 0.000000717. The number of carbonyl (C=O) groups is 4. The van der Waals surface area contributed by atoms with Gasteiger partial charge in [0.15, 0.2) is 5.96 Å². The Bertz CT molecular complexity index is 1450. The van der Waals surface area contributed by atoms with Crippen LogP contribution in [0.5, 0.6) is 0 Å². The summed E-state index contributed by atoms with van der Waals surface area (Å²) >= 11 is 0. The molecule has 1 amide bonds. The maximum Gasteiger partial charge on any atom is 0.490 e. The number of nitrogens with zero attached hydrogens (tertiary/aromatic N) is 2. The molecule has 0 spiro atoms. The first-order valence-corrected chi connectivity index (χ1v) is 14.8. The quantitative estimate of drug-likeness (QED) is 0.0843. The Morgan fingerprint density at radius 3 is 2.00 bits per heavy atom. The predicted molar refractivity (Wildman–Crippen MR) is 164 cm³/mol.